The summed E-state index contributed by atoms with van der Waals surface area (Å²) in [4.78, 5) is 8.34. The van der Waals surface area contributed by atoms with Crippen LogP contribution >= 0.6 is 0 Å². The first-order valence-electron chi connectivity index (χ1n) is 5.92. The van der Waals surface area contributed by atoms with E-state index in [9.17, 15) is 0 Å². The van der Waals surface area contributed by atoms with Crippen molar-refractivity contribution in [3.63, 3.8) is 0 Å². The molecule has 0 spiro atoms. The van der Waals surface area contributed by atoms with Crippen LogP contribution in [0.2, 0.25) is 0 Å². The molecule has 0 fully saturated rings. The van der Waals surface area contributed by atoms with Crippen LogP contribution in [0.3, 0.4) is 0 Å². The van der Waals surface area contributed by atoms with Crippen LogP contribution in [-0.4, -0.2) is 38.1 Å². The SMILES string of the molecule is CCOc1ccnc(NCCCn2ccnn2)n1. The van der Waals surface area contributed by atoms with E-state index in [1.807, 2.05) is 13.1 Å². The van der Waals surface area contributed by atoms with Gasteiger partial charge in [0, 0.05) is 31.5 Å². The second-order valence-electron chi connectivity index (χ2n) is 3.60. The van der Waals surface area contributed by atoms with Crippen LogP contribution in [0.25, 0.3) is 0 Å². The molecule has 0 aliphatic carbocycles. The Morgan fingerprint density at radius 2 is 2.33 bits per heavy atom. The molecule has 2 heterocycles. The summed E-state index contributed by atoms with van der Waals surface area (Å²) in [5.41, 5.74) is 0. The van der Waals surface area contributed by atoms with Gasteiger partial charge in [0.25, 0.3) is 0 Å². The highest BCUT2D eigenvalue weighted by atomic mass is 16.5. The third kappa shape index (κ3) is 3.69. The Morgan fingerprint density at radius 1 is 1.39 bits per heavy atom. The Kier molecular flexibility index (Phi) is 4.46. The molecule has 2 aromatic rings. The zero-order valence-corrected chi connectivity index (χ0v) is 10.3. The zero-order valence-electron chi connectivity index (χ0n) is 10.3. The van der Waals surface area contributed by atoms with E-state index in [2.05, 4.69) is 25.6 Å². The van der Waals surface area contributed by atoms with E-state index in [1.165, 1.54) is 0 Å². The van der Waals surface area contributed by atoms with Crippen molar-refractivity contribution in [1.82, 2.24) is 25.0 Å². The Balaban J connectivity index is 1.74. The van der Waals surface area contributed by atoms with Gasteiger partial charge in [-0.25, -0.2) is 4.98 Å². The Bertz CT molecular complexity index is 458. The Labute approximate surface area is 105 Å². The molecule has 0 bridgehead atoms. The first-order chi connectivity index (χ1) is 8.88. The fourth-order valence-corrected chi connectivity index (χ4v) is 1.45. The van der Waals surface area contributed by atoms with Crippen molar-refractivity contribution in [3.8, 4) is 5.88 Å². The van der Waals surface area contributed by atoms with Crippen LogP contribution in [0.15, 0.2) is 24.7 Å². The van der Waals surface area contributed by atoms with Crippen LogP contribution in [0.4, 0.5) is 5.95 Å². The maximum absolute atomic E-state index is 5.30. The van der Waals surface area contributed by atoms with Crippen LogP contribution < -0.4 is 10.1 Å². The first kappa shape index (κ1) is 12.3. The van der Waals surface area contributed by atoms with Crippen LogP contribution in [0.1, 0.15) is 13.3 Å². The van der Waals surface area contributed by atoms with Crippen molar-refractivity contribution >= 4 is 5.95 Å². The van der Waals surface area contributed by atoms with Gasteiger partial charge in [-0.15, -0.1) is 5.10 Å². The first-order valence-corrected chi connectivity index (χ1v) is 5.92. The molecule has 0 aliphatic heterocycles. The standard InChI is InChI=1S/C11H16N6O/c1-2-18-10-4-6-13-11(15-10)12-5-3-8-17-9-7-14-16-17/h4,6-7,9H,2-3,5,8H2,1H3,(H,12,13,15). The number of ether oxygens (including phenoxy) is 1. The molecule has 7 heteroatoms. The molecule has 0 amide bonds. The summed E-state index contributed by atoms with van der Waals surface area (Å²) in [7, 11) is 0. The van der Waals surface area contributed by atoms with Crippen molar-refractivity contribution in [3.05, 3.63) is 24.7 Å². The monoisotopic (exact) mass is 248 g/mol. The van der Waals surface area contributed by atoms with Crippen LogP contribution in [0.5, 0.6) is 5.88 Å². The highest BCUT2D eigenvalue weighted by molar-refractivity contribution is 5.27. The lowest BCUT2D eigenvalue weighted by Gasteiger charge is -2.06. The van der Waals surface area contributed by atoms with Crippen molar-refractivity contribution in [2.45, 2.75) is 19.9 Å². The fourth-order valence-electron chi connectivity index (χ4n) is 1.45. The van der Waals surface area contributed by atoms with Crippen molar-refractivity contribution in [2.75, 3.05) is 18.5 Å². The van der Waals surface area contributed by atoms with E-state index < -0.39 is 0 Å². The molecule has 7 nitrogen and oxygen atoms in total. The van der Waals surface area contributed by atoms with Gasteiger partial charge in [-0.2, -0.15) is 4.98 Å². The average molecular weight is 248 g/mol. The van der Waals surface area contributed by atoms with Gasteiger partial charge < -0.3 is 10.1 Å². The smallest absolute Gasteiger partial charge is 0.225 e. The summed E-state index contributed by atoms with van der Waals surface area (Å²) < 4.78 is 7.09. The number of nitrogens with one attached hydrogen (secondary N) is 1. The lowest BCUT2D eigenvalue weighted by atomic mass is 10.4. The molecular weight excluding hydrogens is 232 g/mol. The van der Waals surface area contributed by atoms with E-state index in [4.69, 9.17) is 4.74 Å². The molecule has 0 unspecified atom stereocenters. The van der Waals surface area contributed by atoms with Gasteiger partial charge in [0.2, 0.25) is 11.8 Å². The lowest BCUT2D eigenvalue weighted by molar-refractivity contribution is 0.326. The minimum atomic E-state index is 0.583. The van der Waals surface area contributed by atoms with Crippen LogP contribution in [0, 0.1) is 0 Å². The minimum absolute atomic E-state index is 0.583. The highest BCUT2D eigenvalue weighted by Crippen LogP contribution is 2.07. The lowest BCUT2D eigenvalue weighted by Crippen LogP contribution is -2.09. The molecule has 18 heavy (non-hydrogen) atoms. The fraction of sp³-hybridized carbons (Fsp3) is 0.455. The molecule has 96 valence electrons. The third-order valence-corrected chi connectivity index (χ3v) is 2.24. The van der Waals surface area contributed by atoms with Gasteiger partial charge in [0.05, 0.1) is 12.8 Å². The van der Waals surface area contributed by atoms with Crippen molar-refractivity contribution < 1.29 is 4.74 Å². The van der Waals surface area contributed by atoms with Gasteiger partial charge >= 0.3 is 0 Å². The molecular formula is C11H16N6O. The largest absolute Gasteiger partial charge is 0.478 e. The summed E-state index contributed by atoms with van der Waals surface area (Å²) >= 11 is 0. The molecule has 0 aromatic carbocycles. The van der Waals surface area contributed by atoms with Gasteiger partial charge in [-0.1, -0.05) is 5.21 Å². The van der Waals surface area contributed by atoms with Gasteiger partial charge in [-0.3, -0.25) is 4.68 Å². The normalized spacial score (nSPS) is 10.3. The summed E-state index contributed by atoms with van der Waals surface area (Å²) in [6, 6.07) is 1.74. The zero-order chi connectivity index (χ0) is 12.6. The van der Waals surface area contributed by atoms with Crippen molar-refractivity contribution in [1.29, 1.82) is 0 Å². The number of hydrogen-bond acceptors (Lipinski definition) is 6. The van der Waals surface area contributed by atoms with Gasteiger partial charge in [0.1, 0.15) is 0 Å². The Morgan fingerprint density at radius 3 is 3.11 bits per heavy atom. The molecule has 0 radical (unpaired) electrons. The molecule has 2 rings (SSSR count). The number of nitrogens with zero attached hydrogens (tertiary/aromatic N) is 5. The number of hydrogen-bond donors (Lipinski definition) is 1. The predicted molar refractivity (Wildman–Crippen MR) is 66.3 cm³/mol. The molecule has 0 aliphatic rings. The summed E-state index contributed by atoms with van der Waals surface area (Å²) in [6.45, 7) is 4.11. The number of anilines is 1. The Hall–Kier alpha value is -2.18. The highest BCUT2D eigenvalue weighted by Gasteiger charge is 1.99. The third-order valence-electron chi connectivity index (χ3n) is 2.24. The maximum atomic E-state index is 5.30. The van der Waals surface area contributed by atoms with Crippen molar-refractivity contribution in [2.24, 2.45) is 0 Å². The molecule has 0 saturated carbocycles. The number of aryl methyl sites for hydroxylation is 1. The predicted octanol–water partition coefficient (Wildman–Crippen LogP) is 0.969. The molecule has 2 aromatic heterocycles. The minimum Gasteiger partial charge on any atom is -0.478 e. The second kappa shape index (κ2) is 6.53. The van der Waals surface area contributed by atoms with Gasteiger partial charge in [0.15, 0.2) is 0 Å². The molecule has 0 saturated heterocycles. The van der Waals surface area contributed by atoms with E-state index >= 15 is 0 Å². The van der Waals surface area contributed by atoms with E-state index in [0.717, 1.165) is 19.5 Å². The van der Waals surface area contributed by atoms with E-state index in [0.29, 0.717) is 18.4 Å². The molecule has 1 N–H and O–H groups in total. The topological polar surface area (TPSA) is 77.8 Å². The number of aromatic nitrogens is 5. The summed E-state index contributed by atoms with van der Waals surface area (Å²) in [5.74, 6) is 1.17. The molecule has 0 atom stereocenters. The number of rotatable bonds is 7. The van der Waals surface area contributed by atoms with Crippen LogP contribution in [-0.2, 0) is 6.54 Å². The van der Waals surface area contributed by atoms with E-state index in [1.54, 1.807) is 23.1 Å². The van der Waals surface area contributed by atoms with E-state index in [-0.39, 0.29) is 0 Å². The average Bonchev–Trinajstić information content (AvgIpc) is 2.89. The van der Waals surface area contributed by atoms with Gasteiger partial charge in [-0.05, 0) is 13.3 Å². The summed E-state index contributed by atoms with van der Waals surface area (Å²) in [6.07, 6.45) is 6.11. The summed E-state index contributed by atoms with van der Waals surface area (Å²) in [5, 5.41) is 10.8. The maximum Gasteiger partial charge on any atom is 0.225 e. The second-order valence-corrected chi connectivity index (χ2v) is 3.60. The quantitative estimate of drug-likeness (QED) is 0.736.